The van der Waals surface area contributed by atoms with Crippen LogP contribution in [-0.4, -0.2) is 50.5 Å². The van der Waals surface area contributed by atoms with E-state index >= 15 is 0 Å². The Morgan fingerprint density at radius 3 is 1.60 bits per heavy atom. The molecule has 0 N–H and O–H groups in total. The smallest absolute Gasteiger partial charge is 0.143 e. The lowest BCUT2D eigenvalue weighted by atomic mass is 10.0. The van der Waals surface area contributed by atoms with Crippen LogP contribution in [-0.2, 0) is 0 Å². The van der Waals surface area contributed by atoms with Gasteiger partial charge in [0.25, 0.3) is 0 Å². The number of nitrogens with zero attached hydrogens (tertiary/aromatic N) is 3. The molecule has 7 nitrogen and oxygen atoms in total. The van der Waals surface area contributed by atoms with Gasteiger partial charge in [-0.25, -0.2) is 0 Å². The van der Waals surface area contributed by atoms with E-state index < -0.39 is 0 Å². The Kier molecular flexibility index (Phi) is 16.6. The van der Waals surface area contributed by atoms with Crippen molar-refractivity contribution in [2.24, 2.45) is 0 Å². The molecule has 0 radical (unpaired) electrons. The molecule has 4 aromatic rings. The van der Waals surface area contributed by atoms with Gasteiger partial charge in [-0.3, -0.25) is 9.97 Å². The number of anilines is 1. The van der Waals surface area contributed by atoms with E-state index in [1.54, 1.807) is 14.2 Å². The summed E-state index contributed by atoms with van der Waals surface area (Å²) in [6.45, 7) is 14.1. The second kappa shape index (κ2) is 21.6. The summed E-state index contributed by atoms with van der Waals surface area (Å²) in [6.07, 6.45) is 20.6. The van der Waals surface area contributed by atoms with E-state index in [4.69, 9.17) is 18.9 Å². The van der Waals surface area contributed by atoms with Crippen molar-refractivity contribution >= 4 is 30.0 Å². The highest BCUT2D eigenvalue weighted by atomic mass is 16.5. The molecule has 0 spiro atoms. The van der Waals surface area contributed by atoms with Gasteiger partial charge in [0.15, 0.2) is 0 Å². The molecule has 0 amide bonds. The SMILES string of the molecule is CCCCOc1cc(/C=C/c2cc(OC)c(N(CCCC)CCCC)cc2OC)c(OCCCC)cc1/C=C/c1ccnc(-c2cc(C)ccn2)c1. The first-order chi connectivity index (χ1) is 25.4. The number of unbranched alkanes of at least 4 members (excludes halogenated alkanes) is 4. The molecular formula is C45H59N3O4. The van der Waals surface area contributed by atoms with Crippen molar-refractivity contribution in [2.45, 2.75) is 86.0 Å². The molecule has 0 aliphatic carbocycles. The van der Waals surface area contributed by atoms with Gasteiger partial charge in [-0.15, -0.1) is 0 Å². The quantitative estimate of drug-likeness (QED) is 0.0595. The summed E-state index contributed by atoms with van der Waals surface area (Å²) in [5.74, 6) is 3.26. The first kappa shape index (κ1) is 40.0. The Hall–Kier alpha value is -4.78. The summed E-state index contributed by atoms with van der Waals surface area (Å²) in [5.41, 5.74) is 7.77. The minimum atomic E-state index is 0.630. The number of aryl methyl sites for hydroxylation is 1. The molecule has 2 aromatic carbocycles. The number of pyridine rings is 2. The molecule has 4 rings (SSSR count). The molecule has 0 atom stereocenters. The topological polar surface area (TPSA) is 65.9 Å². The fraction of sp³-hybridized carbons (Fsp3) is 0.422. The molecule has 2 aromatic heterocycles. The molecular weight excluding hydrogens is 647 g/mol. The fourth-order valence-corrected chi connectivity index (χ4v) is 5.82. The number of aromatic nitrogens is 2. The van der Waals surface area contributed by atoms with Gasteiger partial charge in [-0.1, -0.05) is 77.7 Å². The van der Waals surface area contributed by atoms with Gasteiger partial charge in [0.1, 0.15) is 23.0 Å². The molecule has 52 heavy (non-hydrogen) atoms. The predicted molar refractivity (Wildman–Crippen MR) is 219 cm³/mol. The molecule has 0 saturated heterocycles. The lowest BCUT2D eigenvalue weighted by molar-refractivity contribution is 0.300. The van der Waals surface area contributed by atoms with Crippen LogP contribution in [0.4, 0.5) is 5.69 Å². The van der Waals surface area contributed by atoms with Gasteiger partial charge in [0.05, 0.1) is 44.5 Å². The van der Waals surface area contributed by atoms with Crippen LogP contribution in [0.5, 0.6) is 23.0 Å². The highest BCUT2D eigenvalue weighted by Crippen LogP contribution is 2.38. The van der Waals surface area contributed by atoms with Crippen LogP contribution in [0.25, 0.3) is 35.7 Å². The van der Waals surface area contributed by atoms with Crippen molar-refractivity contribution < 1.29 is 18.9 Å². The van der Waals surface area contributed by atoms with Crippen molar-refractivity contribution in [1.82, 2.24) is 9.97 Å². The maximum Gasteiger partial charge on any atom is 0.143 e. The van der Waals surface area contributed by atoms with Crippen LogP contribution in [0.3, 0.4) is 0 Å². The van der Waals surface area contributed by atoms with Crippen LogP contribution >= 0.6 is 0 Å². The van der Waals surface area contributed by atoms with Gasteiger partial charge in [0, 0.05) is 48.2 Å². The number of hydrogen-bond acceptors (Lipinski definition) is 7. The average molecular weight is 706 g/mol. The largest absolute Gasteiger partial charge is 0.496 e. The molecule has 0 saturated carbocycles. The summed E-state index contributed by atoms with van der Waals surface area (Å²) in [5, 5.41) is 0. The second-order valence-electron chi connectivity index (χ2n) is 13.2. The van der Waals surface area contributed by atoms with Crippen LogP contribution < -0.4 is 23.8 Å². The van der Waals surface area contributed by atoms with E-state index in [1.165, 1.54) is 0 Å². The Labute approximate surface area is 312 Å². The van der Waals surface area contributed by atoms with Crippen molar-refractivity contribution in [1.29, 1.82) is 0 Å². The number of hydrogen-bond donors (Lipinski definition) is 0. The maximum absolute atomic E-state index is 6.43. The lowest BCUT2D eigenvalue weighted by Crippen LogP contribution is -2.26. The Morgan fingerprint density at radius 2 is 1.06 bits per heavy atom. The number of rotatable bonds is 22. The third-order valence-corrected chi connectivity index (χ3v) is 8.95. The number of ether oxygens (including phenoxy) is 4. The molecule has 0 unspecified atom stereocenters. The zero-order chi connectivity index (χ0) is 37.1. The van der Waals surface area contributed by atoms with Crippen LogP contribution in [0, 0.1) is 6.92 Å². The predicted octanol–water partition coefficient (Wildman–Crippen LogP) is 11.6. The minimum Gasteiger partial charge on any atom is -0.496 e. The van der Waals surface area contributed by atoms with E-state index in [9.17, 15) is 0 Å². The van der Waals surface area contributed by atoms with Crippen LogP contribution in [0.15, 0.2) is 60.9 Å². The molecule has 2 heterocycles. The third kappa shape index (κ3) is 11.6. The second-order valence-corrected chi connectivity index (χ2v) is 13.2. The molecule has 0 bridgehead atoms. The molecule has 7 heteroatoms. The zero-order valence-electron chi connectivity index (χ0n) is 32.5. The minimum absolute atomic E-state index is 0.630. The highest BCUT2D eigenvalue weighted by Gasteiger charge is 2.17. The van der Waals surface area contributed by atoms with Gasteiger partial charge in [0.2, 0.25) is 0 Å². The standard InChI is InChI=1S/C45H59N3O4/c1-8-12-24-48(25-13-9-2)41-33-42(49-6)36(32-45(41)50-7)18-19-38-31-43(51-26-14-10-3)37(30-44(38)52-27-15-11-4)17-16-35-21-23-47-40(29-35)39-28-34(5)20-22-46-39/h16-23,28-33H,8-15,24-27H2,1-7H3/b17-16+,19-18+. The molecule has 278 valence electrons. The van der Waals surface area contributed by atoms with Crippen molar-refractivity contribution in [2.75, 3.05) is 45.4 Å². The van der Waals surface area contributed by atoms with Crippen molar-refractivity contribution in [3.8, 4) is 34.4 Å². The van der Waals surface area contributed by atoms with E-state index in [0.29, 0.717) is 13.2 Å². The monoisotopic (exact) mass is 705 g/mol. The summed E-state index contributed by atoms with van der Waals surface area (Å²) in [4.78, 5) is 11.5. The van der Waals surface area contributed by atoms with Crippen LogP contribution in [0.1, 0.15) is 107 Å². The lowest BCUT2D eigenvalue weighted by Gasteiger charge is -2.27. The highest BCUT2D eigenvalue weighted by molar-refractivity contribution is 5.81. The first-order valence-corrected chi connectivity index (χ1v) is 19.1. The number of methoxy groups -OCH3 is 2. The summed E-state index contributed by atoms with van der Waals surface area (Å²) in [7, 11) is 3.48. The van der Waals surface area contributed by atoms with E-state index in [2.05, 4.69) is 110 Å². The molecule has 0 fully saturated rings. The number of benzene rings is 2. The third-order valence-electron chi connectivity index (χ3n) is 8.95. The zero-order valence-corrected chi connectivity index (χ0v) is 32.5. The van der Waals surface area contributed by atoms with Crippen molar-refractivity contribution in [3.05, 3.63) is 88.7 Å². The van der Waals surface area contributed by atoms with Gasteiger partial charge >= 0.3 is 0 Å². The van der Waals surface area contributed by atoms with Gasteiger partial charge in [-0.2, -0.15) is 0 Å². The average Bonchev–Trinajstić information content (AvgIpc) is 3.17. The molecule has 0 aliphatic heterocycles. The maximum atomic E-state index is 6.43. The Morgan fingerprint density at radius 1 is 0.558 bits per heavy atom. The Balaban J connectivity index is 1.74. The summed E-state index contributed by atoms with van der Waals surface area (Å²) in [6, 6.07) is 16.5. The van der Waals surface area contributed by atoms with Crippen molar-refractivity contribution in [3.63, 3.8) is 0 Å². The summed E-state index contributed by atoms with van der Waals surface area (Å²) < 4.78 is 24.8. The van der Waals surface area contributed by atoms with E-state index in [-0.39, 0.29) is 0 Å². The summed E-state index contributed by atoms with van der Waals surface area (Å²) >= 11 is 0. The van der Waals surface area contributed by atoms with E-state index in [0.717, 1.165) is 132 Å². The molecule has 0 aliphatic rings. The van der Waals surface area contributed by atoms with E-state index in [1.807, 2.05) is 24.5 Å². The first-order valence-electron chi connectivity index (χ1n) is 19.1. The van der Waals surface area contributed by atoms with Gasteiger partial charge in [-0.05, 0) is 86.2 Å². The fourth-order valence-electron chi connectivity index (χ4n) is 5.82. The normalized spacial score (nSPS) is 11.4. The Bertz CT molecular complexity index is 1740. The van der Waals surface area contributed by atoms with Gasteiger partial charge < -0.3 is 23.8 Å². The van der Waals surface area contributed by atoms with Crippen LogP contribution in [0.2, 0.25) is 0 Å².